The van der Waals surface area contributed by atoms with Crippen molar-refractivity contribution < 1.29 is 18.0 Å². The lowest BCUT2D eigenvalue weighted by atomic mass is 9.84. The number of nitrogens with zero attached hydrogens (tertiary/aromatic N) is 4. The molecule has 1 unspecified atom stereocenters. The van der Waals surface area contributed by atoms with Gasteiger partial charge in [0.1, 0.15) is 6.04 Å². The van der Waals surface area contributed by atoms with E-state index in [1.165, 1.54) is 26.4 Å². The Morgan fingerprint density at radius 3 is 2.48 bits per heavy atom. The first-order chi connectivity index (χ1) is 14.9. The highest BCUT2D eigenvalue weighted by molar-refractivity contribution is 7.86. The molecule has 3 fully saturated rings. The van der Waals surface area contributed by atoms with Gasteiger partial charge in [-0.15, -0.1) is 11.3 Å². The summed E-state index contributed by atoms with van der Waals surface area (Å²) in [5.74, 6) is -0.131. The molecule has 2 saturated heterocycles. The molecule has 0 radical (unpaired) electrons. The quantitative estimate of drug-likeness (QED) is 0.657. The summed E-state index contributed by atoms with van der Waals surface area (Å²) in [6.45, 7) is 1.27. The average Bonchev–Trinajstić information content (AvgIpc) is 3.47. The summed E-state index contributed by atoms with van der Waals surface area (Å²) in [6, 6.07) is -0.601. The fourth-order valence-electron chi connectivity index (χ4n) is 4.86. The number of nitrogens with one attached hydrogen (secondary N) is 1. The molecular formula is C20H31N5O4S2. The molecule has 1 aromatic rings. The number of aromatic nitrogens is 1. The van der Waals surface area contributed by atoms with E-state index < -0.39 is 16.3 Å². The zero-order valence-electron chi connectivity index (χ0n) is 17.7. The molecule has 11 heteroatoms. The molecule has 1 N–H and O–H groups in total. The van der Waals surface area contributed by atoms with E-state index in [1.807, 2.05) is 0 Å². The second kappa shape index (κ2) is 9.93. The SMILES string of the molecule is O=C(Nc1nccs1)C(CC1CCCCC1)N1CCN(S(=O)(=O)N2CCCC2)CC1=O. The summed E-state index contributed by atoms with van der Waals surface area (Å²) >= 11 is 1.34. The summed E-state index contributed by atoms with van der Waals surface area (Å²) in [5, 5.41) is 5.16. The van der Waals surface area contributed by atoms with E-state index in [1.54, 1.807) is 16.5 Å². The van der Waals surface area contributed by atoms with E-state index >= 15 is 0 Å². The van der Waals surface area contributed by atoms with Gasteiger partial charge in [-0.3, -0.25) is 9.59 Å². The highest BCUT2D eigenvalue weighted by atomic mass is 32.2. The lowest BCUT2D eigenvalue weighted by Crippen LogP contribution is -2.59. The van der Waals surface area contributed by atoms with Crippen LogP contribution in [0.15, 0.2) is 11.6 Å². The first-order valence-electron chi connectivity index (χ1n) is 11.2. The average molecular weight is 470 g/mol. The fourth-order valence-corrected chi connectivity index (χ4v) is 7.03. The highest BCUT2D eigenvalue weighted by Gasteiger charge is 2.41. The van der Waals surface area contributed by atoms with Gasteiger partial charge < -0.3 is 10.2 Å². The predicted molar refractivity (Wildman–Crippen MR) is 119 cm³/mol. The predicted octanol–water partition coefficient (Wildman–Crippen LogP) is 1.91. The van der Waals surface area contributed by atoms with Crippen LogP contribution in [-0.2, 0) is 19.8 Å². The molecule has 1 aliphatic carbocycles. The lowest BCUT2D eigenvalue weighted by Gasteiger charge is -2.40. The minimum atomic E-state index is -3.62. The van der Waals surface area contributed by atoms with Crippen LogP contribution in [-0.4, -0.2) is 77.5 Å². The van der Waals surface area contributed by atoms with Crippen LogP contribution in [0.3, 0.4) is 0 Å². The van der Waals surface area contributed by atoms with Crippen molar-refractivity contribution in [2.75, 3.05) is 38.0 Å². The van der Waals surface area contributed by atoms with E-state index in [0.29, 0.717) is 30.6 Å². The zero-order chi connectivity index (χ0) is 21.8. The summed E-state index contributed by atoms with van der Waals surface area (Å²) in [4.78, 5) is 31.9. The minimum absolute atomic E-state index is 0.204. The van der Waals surface area contributed by atoms with Gasteiger partial charge in [-0.05, 0) is 25.2 Å². The van der Waals surface area contributed by atoms with Gasteiger partial charge in [0.15, 0.2) is 5.13 Å². The van der Waals surface area contributed by atoms with Gasteiger partial charge in [-0.25, -0.2) is 4.98 Å². The minimum Gasteiger partial charge on any atom is -0.328 e. The third kappa shape index (κ3) is 5.27. The fraction of sp³-hybridized carbons (Fsp3) is 0.750. The maximum Gasteiger partial charge on any atom is 0.282 e. The van der Waals surface area contributed by atoms with Crippen molar-refractivity contribution in [1.82, 2.24) is 18.5 Å². The molecule has 0 aromatic carbocycles. The topological polar surface area (TPSA) is 103 Å². The largest absolute Gasteiger partial charge is 0.328 e. The number of thiazole rings is 1. The van der Waals surface area contributed by atoms with Gasteiger partial charge in [-0.1, -0.05) is 32.1 Å². The summed E-state index contributed by atoms with van der Waals surface area (Å²) in [5.41, 5.74) is 0. The standard InChI is InChI=1S/C20H31N5O4S2/c26-18-15-24(31(28,29)23-9-4-5-10-23)11-12-25(18)17(14-16-6-2-1-3-7-16)19(27)22-20-21-8-13-30-20/h8,13,16-17H,1-7,9-12,14-15H2,(H,21,22,27). The molecule has 0 spiro atoms. The monoisotopic (exact) mass is 469 g/mol. The Bertz CT molecular complexity index is 864. The Balaban J connectivity index is 1.46. The van der Waals surface area contributed by atoms with Crippen LogP contribution in [0.4, 0.5) is 5.13 Å². The number of amides is 2. The van der Waals surface area contributed by atoms with Crippen molar-refractivity contribution in [3.63, 3.8) is 0 Å². The van der Waals surface area contributed by atoms with Gasteiger partial charge in [-0.2, -0.15) is 17.0 Å². The van der Waals surface area contributed by atoms with Crippen LogP contribution >= 0.6 is 11.3 Å². The second-order valence-corrected chi connectivity index (χ2v) is 11.4. The number of rotatable bonds is 7. The van der Waals surface area contributed by atoms with Crippen molar-refractivity contribution in [2.24, 2.45) is 5.92 Å². The molecule has 0 bridgehead atoms. The number of carbonyl (C=O) groups is 2. The van der Waals surface area contributed by atoms with E-state index in [9.17, 15) is 18.0 Å². The van der Waals surface area contributed by atoms with Gasteiger partial charge in [0, 0.05) is 37.8 Å². The second-order valence-electron chi connectivity index (χ2n) is 8.62. The third-order valence-corrected chi connectivity index (χ3v) is 9.23. The molecule has 1 aromatic heterocycles. The summed E-state index contributed by atoms with van der Waals surface area (Å²) in [7, 11) is -3.62. The third-order valence-electron chi connectivity index (χ3n) is 6.56. The molecular weight excluding hydrogens is 438 g/mol. The van der Waals surface area contributed by atoms with Crippen molar-refractivity contribution in [3.05, 3.63) is 11.6 Å². The Morgan fingerprint density at radius 1 is 1.10 bits per heavy atom. The number of anilines is 1. The highest BCUT2D eigenvalue weighted by Crippen LogP contribution is 2.30. The number of hydrogen-bond donors (Lipinski definition) is 1. The molecule has 31 heavy (non-hydrogen) atoms. The smallest absolute Gasteiger partial charge is 0.282 e. The Labute approximate surface area is 188 Å². The van der Waals surface area contributed by atoms with Crippen molar-refractivity contribution in [2.45, 2.75) is 57.4 Å². The number of piperazine rings is 1. The van der Waals surface area contributed by atoms with Crippen molar-refractivity contribution in [1.29, 1.82) is 0 Å². The summed E-state index contributed by atoms with van der Waals surface area (Å²) in [6.07, 6.45) is 9.62. The maximum atomic E-state index is 13.1. The Hall–Kier alpha value is -1.56. The van der Waals surface area contributed by atoms with Crippen molar-refractivity contribution in [3.8, 4) is 0 Å². The molecule has 4 rings (SSSR count). The molecule has 3 aliphatic rings. The van der Waals surface area contributed by atoms with Crippen LogP contribution in [0.2, 0.25) is 0 Å². The molecule has 2 aliphatic heterocycles. The first-order valence-corrected chi connectivity index (χ1v) is 13.5. The van der Waals surface area contributed by atoms with Crippen LogP contribution in [0.25, 0.3) is 0 Å². The van der Waals surface area contributed by atoms with Crippen LogP contribution < -0.4 is 5.32 Å². The molecule has 3 heterocycles. The number of carbonyl (C=O) groups excluding carboxylic acids is 2. The summed E-state index contributed by atoms with van der Waals surface area (Å²) < 4.78 is 28.5. The van der Waals surface area contributed by atoms with E-state index in [2.05, 4.69) is 10.3 Å². The maximum absolute atomic E-state index is 13.1. The first kappa shape index (κ1) is 22.6. The molecule has 9 nitrogen and oxygen atoms in total. The van der Waals surface area contributed by atoms with Crippen molar-refractivity contribution >= 4 is 38.5 Å². The van der Waals surface area contributed by atoms with E-state index in [4.69, 9.17) is 0 Å². The Kier molecular flexibility index (Phi) is 7.25. The zero-order valence-corrected chi connectivity index (χ0v) is 19.4. The van der Waals surface area contributed by atoms with E-state index in [0.717, 1.165) is 38.5 Å². The Morgan fingerprint density at radius 2 is 1.84 bits per heavy atom. The number of hydrogen-bond acceptors (Lipinski definition) is 6. The normalized spacial score (nSPS) is 23.2. The lowest BCUT2D eigenvalue weighted by molar-refractivity contribution is -0.142. The van der Waals surface area contributed by atoms with Crippen LogP contribution in [0.5, 0.6) is 0 Å². The van der Waals surface area contributed by atoms with Gasteiger partial charge in [0.2, 0.25) is 11.8 Å². The van der Waals surface area contributed by atoms with Gasteiger partial charge in [0.25, 0.3) is 10.2 Å². The molecule has 1 saturated carbocycles. The van der Waals surface area contributed by atoms with Gasteiger partial charge >= 0.3 is 0 Å². The molecule has 1 atom stereocenters. The molecule has 172 valence electrons. The van der Waals surface area contributed by atoms with Crippen LogP contribution in [0, 0.1) is 5.92 Å². The molecule has 2 amide bonds. The van der Waals surface area contributed by atoms with E-state index in [-0.39, 0.29) is 31.4 Å². The van der Waals surface area contributed by atoms with Gasteiger partial charge in [0.05, 0.1) is 6.54 Å². The van der Waals surface area contributed by atoms with Crippen LogP contribution in [0.1, 0.15) is 51.4 Å².